The predicted molar refractivity (Wildman–Crippen MR) is 74.0 cm³/mol. The maximum absolute atomic E-state index is 10.9. The highest BCUT2D eigenvalue weighted by Crippen LogP contribution is 2.25. The lowest BCUT2D eigenvalue weighted by Crippen LogP contribution is -2.19. The maximum Gasteiger partial charge on any atom is 0.339 e. The lowest BCUT2D eigenvalue weighted by atomic mass is 10.0. The number of aliphatic hydroxyl groups is 1. The first-order valence-electron chi connectivity index (χ1n) is 6.19. The third kappa shape index (κ3) is 3.36. The first kappa shape index (κ1) is 15.4. The molecule has 8 nitrogen and oxygen atoms in total. The quantitative estimate of drug-likeness (QED) is 0.625. The molecule has 8 heteroatoms. The van der Waals surface area contributed by atoms with E-state index in [1.54, 1.807) is 0 Å². The number of aliphatic carboxylic acids is 1. The van der Waals surface area contributed by atoms with Crippen molar-refractivity contribution in [3.8, 4) is 5.75 Å². The zero-order valence-corrected chi connectivity index (χ0v) is 11.2. The van der Waals surface area contributed by atoms with Gasteiger partial charge in [0.25, 0.3) is 0 Å². The zero-order chi connectivity index (χ0) is 16.3. The molecule has 0 heterocycles. The molecule has 1 aromatic rings. The maximum atomic E-state index is 10.9. The Bertz CT molecular complexity index is 720. The van der Waals surface area contributed by atoms with E-state index >= 15 is 0 Å². The summed E-state index contributed by atoms with van der Waals surface area (Å²) in [5, 5.41) is 44.3. The SMILES string of the molecule is O=C(O)C1=CC(N=Nc2ccc(O)c(C(=O)O)c2)=CCC1O. The molecule has 0 saturated carbocycles. The van der Waals surface area contributed by atoms with Crippen LogP contribution in [0.1, 0.15) is 16.8 Å². The van der Waals surface area contributed by atoms with Gasteiger partial charge < -0.3 is 20.4 Å². The number of nitrogens with zero attached hydrogens (tertiary/aromatic N) is 2. The molecule has 4 N–H and O–H groups in total. The van der Waals surface area contributed by atoms with Crippen molar-refractivity contribution in [2.75, 3.05) is 0 Å². The van der Waals surface area contributed by atoms with E-state index in [2.05, 4.69) is 10.2 Å². The van der Waals surface area contributed by atoms with Crippen molar-refractivity contribution in [2.45, 2.75) is 12.5 Å². The molecule has 0 radical (unpaired) electrons. The third-order valence-corrected chi connectivity index (χ3v) is 2.95. The van der Waals surface area contributed by atoms with Crippen LogP contribution in [-0.2, 0) is 4.79 Å². The van der Waals surface area contributed by atoms with Crippen LogP contribution < -0.4 is 0 Å². The fourth-order valence-electron chi connectivity index (χ4n) is 1.82. The Morgan fingerprint density at radius 1 is 1.14 bits per heavy atom. The van der Waals surface area contributed by atoms with Crippen molar-refractivity contribution in [3.63, 3.8) is 0 Å². The molecular weight excluding hydrogens is 292 g/mol. The summed E-state index contributed by atoms with van der Waals surface area (Å²) in [6.45, 7) is 0. The summed E-state index contributed by atoms with van der Waals surface area (Å²) < 4.78 is 0. The average molecular weight is 304 g/mol. The summed E-state index contributed by atoms with van der Waals surface area (Å²) in [5.74, 6) is -2.94. The van der Waals surface area contributed by atoms with E-state index in [1.807, 2.05) is 0 Å². The molecule has 0 aromatic heterocycles. The van der Waals surface area contributed by atoms with E-state index in [0.717, 1.165) is 6.07 Å². The third-order valence-electron chi connectivity index (χ3n) is 2.95. The number of hydrogen-bond donors (Lipinski definition) is 4. The largest absolute Gasteiger partial charge is 0.507 e. The van der Waals surface area contributed by atoms with Gasteiger partial charge in [0.1, 0.15) is 11.3 Å². The van der Waals surface area contributed by atoms with Gasteiger partial charge in [-0.15, -0.1) is 0 Å². The summed E-state index contributed by atoms with van der Waals surface area (Å²) in [4.78, 5) is 21.8. The lowest BCUT2D eigenvalue weighted by Gasteiger charge is -2.13. The van der Waals surface area contributed by atoms with E-state index in [9.17, 15) is 19.8 Å². The highest BCUT2D eigenvalue weighted by Gasteiger charge is 2.21. The molecule has 114 valence electrons. The molecule has 2 rings (SSSR count). The second-order valence-corrected chi connectivity index (χ2v) is 4.49. The highest BCUT2D eigenvalue weighted by molar-refractivity contribution is 5.91. The first-order chi connectivity index (χ1) is 10.4. The molecule has 0 bridgehead atoms. The molecule has 0 amide bonds. The van der Waals surface area contributed by atoms with Gasteiger partial charge in [-0.2, -0.15) is 10.2 Å². The van der Waals surface area contributed by atoms with Crippen LogP contribution in [0.3, 0.4) is 0 Å². The van der Waals surface area contributed by atoms with Crippen molar-refractivity contribution in [1.29, 1.82) is 0 Å². The monoisotopic (exact) mass is 304 g/mol. The van der Waals surface area contributed by atoms with E-state index in [-0.39, 0.29) is 34.7 Å². The van der Waals surface area contributed by atoms with Crippen molar-refractivity contribution in [2.24, 2.45) is 10.2 Å². The Hall–Kier alpha value is -3.00. The van der Waals surface area contributed by atoms with Crippen LogP contribution in [0.15, 0.2) is 51.8 Å². The van der Waals surface area contributed by atoms with Crippen LogP contribution in [0.2, 0.25) is 0 Å². The van der Waals surface area contributed by atoms with Crippen LogP contribution in [0, 0.1) is 0 Å². The molecule has 0 saturated heterocycles. The molecule has 1 unspecified atom stereocenters. The number of carboxylic acid groups (broad SMARTS) is 2. The van der Waals surface area contributed by atoms with E-state index < -0.39 is 18.0 Å². The molecular formula is C14H12N2O6. The smallest absolute Gasteiger partial charge is 0.339 e. The fourth-order valence-corrected chi connectivity index (χ4v) is 1.82. The Kier molecular flexibility index (Phi) is 4.33. The normalized spacial score (nSPS) is 18.0. The summed E-state index contributed by atoms with van der Waals surface area (Å²) in [6, 6.07) is 3.68. The summed E-state index contributed by atoms with van der Waals surface area (Å²) in [6.07, 6.45) is 1.71. The minimum absolute atomic E-state index is 0.0996. The zero-order valence-electron chi connectivity index (χ0n) is 11.2. The first-order valence-corrected chi connectivity index (χ1v) is 6.19. The number of rotatable bonds is 4. The Morgan fingerprint density at radius 2 is 1.86 bits per heavy atom. The molecule has 1 atom stereocenters. The number of aliphatic hydroxyl groups excluding tert-OH is 1. The fraction of sp³-hybridized carbons (Fsp3) is 0.143. The van der Waals surface area contributed by atoms with E-state index in [0.29, 0.717) is 0 Å². The number of hydrogen-bond acceptors (Lipinski definition) is 6. The van der Waals surface area contributed by atoms with Gasteiger partial charge >= 0.3 is 11.9 Å². The Labute approximate surface area is 124 Å². The number of phenols is 1. The van der Waals surface area contributed by atoms with Crippen LogP contribution in [-0.4, -0.2) is 38.5 Å². The van der Waals surface area contributed by atoms with Crippen LogP contribution in [0.25, 0.3) is 0 Å². The van der Waals surface area contributed by atoms with Crippen molar-refractivity contribution in [3.05, 3.63) is 47.2 Å². The van der Waals surface area contributed by atoms with Gasteiger partial charge in [-0.1, -0.05) is 6.08 Å². The predicted octanol–water partition coefficient (Wildman–Crippen LogP) is 1.83. The van der Waals surface area contributed by atoms with Crippen molar-refractivity contribution < 1.29 is 30.0 Å². The summed E-state index contributed by atoms with van der Waals surface area (Å²) in [5.41, 5.74) is -0.0696. The van der Waals surface area contributed by atoms with Crippen LogP contribution in [0.4, 0.5) is 5.69 Å². The second kappa shape index (κ2) is 6.19. The van der Waals surface area contributed by atoms with Crippen LogP contribution >= 0.6 is 0 Å². The molecule has 1 aromatic carbocycles. The number of azo groups is 1. The van der Waals surface area contributed by atoms with Gasteiger partial charge in [0.15, 0.2) is 0 Å². The summed E-state index contributed by atoms with van der Waals surface area (Å²) >= 11 is 0. The number of aromatic carboxylic acids is 1. The lowest BCUT2D eigenvalue weighted by molar-refractivity contribution is -0.133. The molecule has 22 heavy (non-hydrogen) atoms. The van der Waals surface area contributed by atoms with Gasteiger partial charge in [-0.05, 0) is 30.7 Å². The minimum Gasteiger partial charge on any atom is -0.507 e. The van der Waals surface area contributed by atoms with E-state index in [4.69, 9.17) is 10.2 Å². The minimum atomic E-state index is -1.30. The van der Waals surface area contributed by atoms with Gasteiger partial charge in [0, 0.05) is 0 Å². The van der Waals surface area contributed by atoms with Gasteiger partial charge in [-0.3, -0.25) is 0 Å². The number of allylic oxidation sites excluding steroid dienone is 1. The molecule has 0 aliphatic heterocycles. The number of aromatic hydroxyl groups is 1. The second-order valence-electron chi connectivity index (χ2n) is 4.49. The van der Waals surface area contributed by atoms with Gasteiger partial charge in [-0.25, -0.2) is 9.59 Å². The molecule has 1 aliphatic rings. The average Bonchev–Trinajstić information content (AvgIpc) is 2.47. The van der Waals surface area contributed by atoms with Crippen molar-refractivity contribution in [1.82, 2.24) is 0 Å². The van der Waals surface area contributed by atoms with Gasteiger partial charge in [0.05, 0.1) is 23.1 Å². The highest BCUT2D eigenvalue weighted by atomic mass is 16.4. The van der Waals surface area contributed by atoms with E-state index in [1.165, 1.54) is 24.3 Å². The topological polar surface area (TPSA) is 140 Å². The molecule has 0 spiro atoms. The number of benzene rings is 1. The molecule has 0 fully saturated rings. The standard InChI is InChI=1S/C14H12N2O6/c17-11-3-1-7(5-9(11)13(19)20)15-16-8-2-4-12(18)10(6-8)14(21)22/h1-3,5-6,12,17-18H,4H2,(H,19,20)(H,21,22). The number of carbonyl (C=O) groups is 2. The van der Waals surface area contributed by atoms with Crippen molar-refractivity contribution >= 4 is 17.6 Å². The van der Waals surface area contributed by atoms with Crippen LogP contribution in [0.5, 0.6) is 5.75 Å². The molecule has 1 aliphatic carbocycles. The summed E-state index contributed by atoms with van der Waals surface area (Å²) in [7, 11) is 0. The Balaban J connectivity index is 2.24. The number of carboxylic acids is 2. The Morgan fingerprint density at radius 3 is 2.50 bits per heavy atom. The van der Waals surface area contributed by atoms with Gasteiger partial charge in [0.2, 0.25) is 0 Å².